The third kappa shape index (κ3) is 11.5. The molecule has 2 unspecified atom stereocenters. The second-order valence-electron chi connectivity index (χ2n) is 34.6. The molecule has 0 N–H and O–H groups in total. The molecule has 0 amide bonds. The van der Waals surface area contributed by atoms with Crippen molar-refractivity contribution < 1.29 is 0 Å². The first-order valence-electron chi connectivity index (χ1n) is 44.9. The third-order valence-electron chi connectivity index (χ3n) is 28.2. The van der Waals surface area contributed by atoms with Crippen molar-refractivity contribution in [2.45, 2.75) is 35.8 Å². The Morgan fingerprint density at radius 3 is 0.977 bits per heavy atom. The van der Waals surface area contributed by atoms with Crippen LogP contribution < -0.4 is 19.6 Å². The van der Waals surface area contributed by atoms with Crippen LogP contribution in [0.15, 0.2) is 496 Å². The Hall–Kier alpha value is -16.1. The minimum Gasteiger partial charge on any atom is -0.334 e. The number of hydrogen-bond acceptors (Lipinski definition) is 4. The van der Waals surface area contributed by atoms with Crippen LogP contribution in [0, 0.1) is 0 Å². The number of rotatable bonds is 14. The maximum Gasteiger partial charge on any atom is 0.0718 e. The molecule has 4 nitrogen and oxygen atoms in total. The molecule has 2 aliphatic heterocycles. The molecular weight excluding hydrogens is 1550 g/mol. The van der Waals surface area contributed by atoms with E-state index in [9.17, 15) is 0 Å². The average Bonchev–Trinajstić information content (AvgIpc) is 1.49. The molecule has 128 heavy (non-hydrogen) atoms. The van der Waals surface area contributed by atoms with Gasteiger partial charge in [0.15, 0.2) is 0 Å². The molecule has 4 aliphatic carbocycles. The Morgan fingerprint density at radius 2 is 0.523 bits per heavy atom. The summed E-state index contributed by atoms with van der Waals surface area (Å²) in [6, 6.07) is 172. The van der Waals surface area contributed by atoms with Crippen molar-refractivity contribution in [1.82, 2.24) is 0 Å². The summed E-state index contributed by atoms with van der Waals surface area (Å²) in [5.41, 5.74) is 40.3. The standard InChI is InChI=1S/C124H86N4/c1-3-39-89(40-4-1)125(117-62-25-17-52-107(117)101-48-13-11-46-99(101)97-54-32-36-86-34-7-9-44-95(86)97)93-76-78-105-104-51-16-20-57-110(104)124(115(105)81-93)113-60-23-29-66-121(113)128(122-67-30-24-61-114(122)124)92-43-31-38-88(80-92)85-70-68-83(69-71-85)84-72-74-91(75-73-84)126(118-63-26-18-53-108(118)102-49-14-12-47-100(102)98-55-33-37-87-35-8-10-45-96(87)98)94-77-79-106-103-50-15-19-56-109(103)123(116(106)82-94)111-58-21-27-64-119(111)127(90-41-5-2-6-42-90)120-65-28-22-59-112(120)123/h1-80,93-94H,81-82H2. The molecule has 0 aromatic heterocycles. The van der Waals surface area contributed by atoms with Crippen LogP contribution in [0.3, 0.4) is 0 Å². The zero-order chi connectivity index (χ0) is 84.4. The largest absolute Gasteiger partial charge is 0.334 e. The fourth-order valence-electron chi connectivity index (χ4n) is 23.0. The van der Waals surface area contributed by atoms with E-state index in [0.717, 1.165) is 69.2 Å². The van der Waals surface area contributed by atoms with Gasteiger partial charge >= 0.3 is 0 Å². The molecule has 2 spiro atoms. The molecule has 6 aliphatic rings. The van der Waals surface area contributed by atoms with E-state index >= 15 is 0 Å². The maximum atomic E-state index is 2.65. The fraction of sp³-hybridized carbons (Fsp3) is 0.0484. The number of benzene rings is 19. The van der Waals surface area contributed by atoms with Gasteiger partial charge in [0.25, 0.3) is 0 Å². The predicted octanol–water partition coefficient (Wildman–Crippen LogP) is 32.1. The van der Waals surface area contributed by atoms with Crippen molar-refractivity contribution in [2.75, 3.05) is 19.6 Å². The number of hydrogen-bond donors (Lipinski definition) is 0. The van der Waals surface area contributed by atoms with E-state index in [1.165, 1.54) is 156 Å². The van der Waals surface area contributed by atoms with Crippen LogP contribution in [0.25, 0.3) is 99.5 Å². The SMILES string of the molecule is C1=CC(N(c2ccc(-c3ccc(-c4cccc(N5c6ccccc6C6(C7=C(C=CC(N(c8ccccc8)c8ccccc8-c8ccccc8-c8cccc9ccccc89)C7)c7ccccc76)c6ccccc65)c4)cc3)cc2)c2ccccc2-c2ccccc2-c2cccc3ccccc23)CC2=C1c1ccccc1C21c2ccccc2N(c2ccccc2)c2ccccc21. The Labute approximate surface area is 747 Å². The molecule has 0 saturated carbocycles. The zero-order valence-electron chi connectivity index (χ0n) is 70.5. The van der Waals surface area contributed by atoms with Gasteiger partial charge in [-0.25, -0.2) is 0 Å². The lowest BCUT2D eigenvalue weighted by atomic mass is 9.62. The molecule has 19 aromatic rings. The topological polar surface area (TPSA) is 13.0 Å². The first kappa shape index (κ1) is 74.5. The number of allylic oxidation sites excluding steroid dienone is 4. The van der Waals surface area contributed by atoms with Crippen LogP contribution in [0.2, 0.25) is 0 Å². The lowest BCUT2D eigenvalue weighted by Gasteiger charge is -2.47. The van der Waals surface area contributed by atoms with Gasteiger partial charge < -0.3 is 19.6 Å². The highest BCUT2D eigenvalue weighted by Crippen LogP contribution is 2.67. The third-order valence-corrected chi connectivity index (χ3v) is 28.2. The van der Waals surface area contributed by atoms with Crippen molar-refractivity contribution in [1.29, 1.82) is 0 Å². The minimum absolute atomic E-state index is 0.0608. The monoisotopic (exact) mass is 1630 g/mol. The molecule has 0 radical (unpaired) electrons. The van der Waals surface area contributed by atoms with Crippen LogP contribution in [-0.2, 0) is 10.8 Å². The van der Waals surface area contributed by atoms with E-state index < -0.39 is 10.8 Å². The summed E-state index contributed by atoms with van der Waals surface area (Å²) in [5.74, 6) is 0. The summed E-state index contributed by atoms with van der Waals surface area (Å²) < 4.78 is 0. The first-order valence-corrected chi connectivity index (χ1v) is 44.9. The van der Waals surface area contributed by atoms with E-state index in [-0.39, 0.29) is 12.1 Å². The van der Waals surface area contributed by atoms with Crippen LogP contribution >= 0.6 is 0 Å². The summed E-state index contributed by atoms with van der Waals surface area (Å²) in [4.78, 5) is 10.3. The van der Waals surface area contributed by atoms with Crippen LogP contribution in [-0.4, -0.2) is 12.1 Å². The van der Waals surface area contributed by atoms with E-state index in [1.54, 1.807) is 0 Å². The quantitative estimate of drug-likeness (QED) is 0.108. The average molecular weight is 1630 g/mol. The predicted molar refractivity (Wildman–Crippen MR) is 535 cm³/mol. The van der Waals surface area contributed by atoms with Gasteiger partial charge in [0, 0.05) is 45.3 Å². The van der Waals surface area contributed by atoms with E-state index in [2.05, 4.69) is 505 Å². The molecule has 25 rings (SSSR count). The van der Waals surface area contributed by atoms with Gasteiger partial charge in [-0.05, 0) is 242 Å². The molecule has 0 saturated heterocycles. The number of fused-ring (bicyclic) bond motifs is 18. The van der Waals surface area contributed by atoms with Crippen molar-refractivity contribution in [2.24, 2.45) is 0 Å². The Balaban J connectivity index is 0.566. The van der Waals surface area contributed by atoms with Gasteiger partial charge in [0.2, 0.25) is 0 Å². The second kappa shape index (κ2) is 30.4. The number of para-hydroxylation sites is 8. The summed E-state index contributed by atoms with van der Waals surface area (Å²) in [6.45, 7) is 0. The van der Waals surface area contributed by atoms with E-state index in [1.807, 2.05) is 0 Å². The lowest BCUT2D eigenvalue weighted by molar-refractivity contribution is 0.647. The highest BCUT2D eigenvalue weighted by atomic mass is 15.2. The highest BCUT2D eigenvalue weighted by molar-refractivity contribution is 6.06. The molecular formula is C124H86N4. The van der Waals surface area contributed by atoms with Crippen LogP contribution in [0.5, 0.6) is 0 Å². The highest BCUT2D eigenvalue weighted by Gasteiger charge is 2.56. The molecule has 2 atom stereocenters. The molecule has 4 heteroatoms. The van der Waals surface area contributed by atoms with Crippen molar-refractivity contribution in [3.8, 4) is 66.8 Å². The summed E-state index contributed by atoms with van der Waals surface area (Å²) in [5, 5.41) is 4.93. The van der Waals surface area contributed by atoms with Gasteiger partial charge in [-0.15, -0.1) is 0 Å². The van der Waals surface area contributed by atoms with Gasteiger partial charge in [0.05, 0.1) is 45.7 Å². The molecule has 19 aromatic carbocycles. The lowest BCUT2D eigenvalue weighted by Crippen LogP contribution is -2.40. The number of anilines is 10. The Morgan fingerprint density at radius 1 is 0.219 bits per heavy atom. The molecule has 2 heterocycles. The number of nitrogens with zero attached hydrogens (tertiary/aromatic N) is 4. The van der Waals surface area contributed by atoms with Crippen molar-refractivity contribution >= 4 is 89.6 Å². The molecule has 0 bridgehead atoms. The molecule has 0 fully saturated rings. The van der Waals surface area contributed by atoms with Gasteiger partial charge in [-0.2, -0.15) is 0 Å². The Kier molecular flexibility index (Phi) is 17.7. The Bertz CT molecular complexity index is 7690. The smallest absolute Gasteiger partial charge is 0.0718 e. The van der Waals surface area contributed by atoms with Gasteiger partial charge in [0.1, 0.15) is 0 Å². The normalized spacial score (nSPS) is 15.6. The second-order valence-corrected chi connectivity index (χ2v) is 34.6. The summed E-state index contributed by atoms with van der Waals surface area (Å²) in [7, 11) is 0. The summed E-state index contributed by atoms with van der Waals surface area (Å²) >= 11 is 0. The van der Waals surface area contributed by atoms with Crippen molar-refractivity contribution in [3.05, 3.63) is 541 Å². The van der Waals surface area contributed by atoms with Gasteiger partial charge in [-0.3, -0.25) is 0 Å². The minimum atomic E-state index is -0.621. The van der Waals surface area contributed by atoms with E-state index in [4.69, 9.17) is 0 Å². The fourth-order valence-corrected chi connectivity index (χ4v) is 23.0. The van der Waals surface area contributed by atoms with Gasteiger partial charge in [-0.1, -0.05) is 400 Å². The maximum absolute atomic E-state index is 2.65. The molecule has 602 valence electrons. The van der Waals surface area contributed by atoms with E-state index in [0.29, 0.717) is 0 Å². The van der Waals surface area contributed by atoms with Crippen LogP contribution in [0.4, 0.5) is 56.9 Å². The first-order chi connectivity index (χ1) is 63.5. The zero-order valence-corrected chi connectivity index (χ0v) is 70.5. The van der Waals surface area contributed by atoms with Crippen LogP contribution in [0.1, 0.15) is 57.3 Å². The summed E-state index contributed by atoms with van der Waals surface area (Å²) in [6.07, 6.45) is 11.5. The van der Waals surface area contributed by atoms with Crippen molar-refractivity contribution in [3.63, 3.8) is 0 Å².